The van der Waals surface area contributed by atoms with Gasteiger partial charge in [0.2, 0.25) is 5.91 Å². The molecule has 1 amide bonds. The summed E-state index contributed by atoms with van der Waals surface area (Å²) in [7, 11) is -1.97. The van der Waals surface area contributed by atoms with Gasteiger partial charge in [0.05, 0.1) is 6.54 Å². The van der Waals surface area contributed by atoms with Crippen LogP contribution in [0.15, 0.2) is 33.6 Å². The molecule has 3 atom stereocenters. The Bertz CT molecular complexity index is 804. The zero-order valence-electron chi connectivity index (χ0n) is 14.9. The highest BCUT2D eigenvalue weighted by Crippen LogP contribution is 2.30. The number of likely N-dealkylation sites (N-methyl/N-ethyl adjacent to an activating group) is 1. The molecular weight excluding hydrogens is 338 g/mol. The molecule has 6 nitrogen and oxygen atoms in total. The Morgan fingerprint density at radius 2 is 2.00 bits per heavy atom. The van der Waals surface area contributed by atoms with Crippen LogP contribution < -0.4 is 5.32 Å². The summed E-state index contributed by atoms with van der Waals surface area (Å²) in [6, 6.07) is 6.89. The molecule has 25 heavy (non-hydrogen) atoms. The molecule has 1 aromatic rings. The largest absolute Gasteiger partial charge is 0.352 e. The summed E-state index contributed by atoms with van der Waals surface area (Å²) < 4.78 is 28.1. The monoisotopic (exact) mass is 363 g/mol. The van der Waals surface area contributed by atoms with Crippen LogP contribution in [0.1, 0.15) is 38.7 Å². The van der Waals surface area contributed by atoms with Crippen molar-refractivity contribution in [1.29, 1.82) is 0 Å². The highest BCUT2D eigenvalue weighted by molar-refractivity contribution is 7.90. The molecule has 1 aliphatic carbocycles. The van der Waals surface area contributed by atoms with Gasteiger partial charge < -0.3 is 10.2 Å². The molecule has 1 N–H and O–H groups in total. The lowest BCUT2D eigenvalue weighted by Gasteiger charge is -2.35. The van der Waals surface area contributed by atoms with Crippen LogP contribution in [0, 0.1) is 11.8 Å². The second-order valence-electron chi connectivity index (χ2n) is 7.18. The van der Waals surface area contributed by atoms with Crippen LogP contribution in [-0.2, 0) is 14.8 Å². The van der Waals surface area contributed by atoms with Gasteiger partial charge in [0.1, 0.15) is 4.90 Å². The number of carbonyl (C=O) groups is 1. The van der Waals surface area contributed by atoms with Gasteiger partial charge in [0.15, 0.2) is 5.84 Å². The fourth-order valence-electron chi connectivity index (χ4n) is 3.69. The van der Waals surface area contributed by atoms with E-state index in [1.54, 1.807) is 36.2 Å². The number of nitrogens with zero attached hydrogens (tertiary/aromatic N) is 2. The first-order chi connectivity index (χ1) is 11.8. The van der Waals surface area contributed by atoms with Gasteiger partial charge in [-0.05, 0) is 30.4 Å². The van der Waals surface area contributed by atoms with Crippen molar-refractivity contribution in [3.05, 3.63) is 29.8 Å². The number of fused-ring (bicyclic) bond motifs is 1. The van der Waals surface area contributed by atoms with Crippen LogP contribution in [-0.4, -0.2) is 44.7 Å². The summed E-state index contributed by atoms with van der Waals surface area (Å²) in [5.41, 5.74) is 0.553. The van der Waals surface area contributed by atoms with Crippen molar-refractivity contribution in [2.24, 2.45) is 16.2 Å². The predicted molar refractivity (Wildman–Crippen MR) is 96.9 cm³/mol. The first-order valence-corrected chi connectivity index (χ1v) is 10.2. The number of sulfonamides is 1. The average molecular weight is 363 g/mol. The van der Waals surface area contributed by atoms with Gasteiger partial charge in [-0.3, -0.25) is 4.79 Å². The summed E-state index contributed by atoms with van der Waals surface area (Å²) in [6.45, 7) is 4.49. The lowest BCUT2D eigenvalue weighted by molar-refractivity contribution is -0.122. The highest BCUT2D eigenvalue weighted by atomic mass is 32.2. The van der Waals surface area contributed by atoms with Gasteiger partial charge in [-0.2, -0.15) is 8.42 Å². The summed E-state index contributed by atoms with van der Waals surface area (Å²) in [4.78, 5) is 14.3. The molecule has 0 spiro atoms. The van der Waals surface area contributed by atoms with Crippen molar-refractivity contribution in [1.82, 2.24) is 10.2 Å². The molecule has 2 aliphatic rings. The van der Waals surface area contributed by atoms with E-state index < -0.39 is 10.0 Å². The SMILES string of the molecule is C[C@@H]1[C@H](C)CCC[C@H]1NC(=O)CN(C)C1=NS(=O)(=O)c2ccccc21. The molecule has 1 heterocycles. The number of hydrogen-bond donors (Lipinski definition) is 1. The summed E-state index contributed by atoms with van der Waals surface area (Å²) in [6.07, 6.45) is 3.34. The molecule has 7 heteroatoms. The third-order valence-electron chi connectivity index (χ3n) is 5.41. The smallest absolute Gasteiger partial charge is 0.285 e. The highest BCUT2D eigenvalue weighted by Gasteiger charge is 2.32. The van der Waals surface area contributed by atoms with Crippen molar-refractivity contribution in [2.45, 2.75) is 44.0 Å². The Kier molecular flexibility index (Phi) is 4.86. The van der Waals surface area contributed by atoms with Gasteiger partial charge in [0, 0.05) is 18.7 Å². The van der Waals surface area contributed by atoms with E-state index in [-0.39, 0.29) is 23.4 Å². The Balaban J connectivity index is 1.69. The Morgan fingerprint density at radius 1 is 1.28 bits per heavy atom. The third-order valence-corrected chi connectivity index (χ3v) is 6.73. The van der Waals surface area contributed by atoms with E-state index in [2.05, 4.69) is 23.6 Å². The predicted octanol–water partition coefficient (Wildman–Crippen LogP) is 2.01. The minimum absolute atomic E-state index is 0.0836. The first-order valence-electron chi connectivity index (χ1n) is 8.74. The molecule has 1 fully saturated rings. The molecule has 136 valence electrons. The molecular formula is C18H25N3O3S. The van der Waals surface area contributed by atoms with E-state index in [4.69, 9.17) is 0 Å². The van der Waals surface area contributed by atoms with Crippen molar-refractivity contribution in [3.63, 3.8) is 0 Å². The Labute approximate surface area is 149 Å². The van der Waals surface area contributed by atoms with Gasteiger partial charge in [-0.25, -0.2) is 0 Å². The molecule has 1 aromatic carbocycles. The van der Waals surface area contributed by atoms with E-state index in [0.29, 0.717) is 23.2 Å². The molecule has 0 radical (unpaired) electrons. The molecule has 0 saturated heterocycles. The molecule has 1 saturated carbocycles. The minimum atomic E-state index is -3.66. The maximum atomic E-state index is 12.4. The first kappa shape index (κ1) is 17.9. The summed E-state index contributed by atoms with van der Waals surface area (Å²) in [5, 5.41) is 3.11. The standard InChI is InChI=1S/C18H25N3O3S/c1-12-7-6-9-15(13(12)2)19-17(22)11-21(3)18-14-8-4-5-10-16(14)25(23,24)20-18/h4-5,8,10,12-13,15H,6-7,9,11H2,1-3H3,(H,19,22)/t12-,13-,15-/m1/s1. The van der Waals surface area contributed by atoms with Crippen LogP contribution >= 0.6 is 0 Å². The fraction of sp³-hybridized carbons (Fsp3) is 0.556. The van der Waals surface area contributed by atoms with Crippen molar-refractivity contribution in [2.75, 3.05) is 13.6 Å². The number of benzene rings is 1. The maximum Gasteiger partial charge on any atom is 0.285 e. The molecule has 0 aromatic heterocycles. The lowest BCUT2D eigenvalue weighted by atomic mass is 9.78. The molecule has 3 rings (SSSR count). The van der Waals surface area contributed by atoms with Crippen molar-refractivity contribution < 1.29 is 13.2 Å². The molecule has 0 bridgehead atoms. The van der Waals surface area contributed by atoms with Crippen molar-refractivity contribution in [3.8, 4) is 0 Å². The van der Waals surface area contributed by atoms with Crippen LogP contribution in [0.2, 0.25) is 0 Å². The number of rotatable bonds is 3. The summed E-state index contributed by atoms with van der Waals surface area (Å²) in [5.74, 6) is 1.29. The number of nitrogens with one attached hydrogen (secondary N) is 1. The van der Waals surface area contributed by atoms with Crippen LogP contribution in [0.5, 0.6) is 0 Å². The maximum absolute atomic E-state index is 12.4. The van der Waals surface area contributed by atoms with E-state index in [0.717, 1.165) is 12.8 Å². The van der Waals surface area contributed by atoms with Gasteiger partial charge in [0.25, 0.3) is 10.0 Å². The normalized spacial score (nSPS) is 27.3. The second-order valence-corrected chi connectivity index (χ2v) is 8.76. The van der Waals surface area contributed by atoms with Crippen LogP contribution in [0.25, 0.3) is 0 Å². The Hall–Kier alpha value is -1.89. The van der Waals surface area contributed by atoms with Crippen LogP contribution in [0.3, 0.4) is 0 Å². The van der Waals surface area contributed by atoms with E-state index in [1.165, 1.54) is 6.42 Å². The topological polar surface area (TPSA) is 78.8 Å². The second kappa shape index (κ2) is 6.78. The van der Waals surface area contributed by atoms with Crippen LogP contribution in [0.4, 0.5) is 0 Å². The van der Waals surface area contributed by atoms with E-state index in [9.17, 15) is 13.2 Å². The quantitative estimate of drug-likeness (QED) is 0.891. The van der Waals surface area contributed by atoms with Crippen molar-refractivity contribution >= 4 is 21.8 Å². The average Bonchev–Trinajstić information content (AvgIpc) is 2.84. The zero-order chi connectivity index (χ0) is 18.2. The minimum Gasteiger partial charge on any atom is -0.352 e. The van der Waals surface area contributed by atoms with E-state index >= 15 is 0 Å². The third kappa shape index (κ3) is 3.56. The molecule has 0 unspecified atom stereocenters. The van der Waals surface area contributed by atoms with Gasteiger partial charge in [-0.1, -0.05) is 38.8 Å². The zero-order valence-corrected chi connectivity index (χ0v) is 15.7. The lowest BCUT2D eigenvalue weighted by Crippen LogP contribution is -2.47. The number of carbonyl (C=O) groups excluding carboxylic acids is 1. The fourth-order valence-corrected chi connectivity index (χ4v) is 4.94. The van der Waals surface area contributed by atoms with E-state index in [1.807, 2.05) is 0 Å². The number of amidine groups is 1. The van der Waals surface area contributed by atoms with Gasteiger partial charge in [-0.15, -0.1) is 4.40 Å². The number of hydrogen-bond acceptors (Lipinski definition) is 4. The summed E-state index contributed by atoms with van der Waals surface area (Å²) >= 11 is 0. The number of amides is 1. The Morgan fingerprint density at radius 3 is 2.76 bits per heavy atom. The van der Waals surface area contributed by atoms with Gasteiger partial charge >= 0.3 is 0 Å². The molecule has 1 aliphatic heterocycles.